The maximum absolute atomic E-state index is 11.3. The average Bonchev–Trinajstić information content (AvgIpc) is 2.64. The maximum atomic E-state index is 11.3. The third kappa shape index (κ3) is 1.58. The zero-order valence-electron chi connectivity index (χ0n) is 7.76. The van der Waals surface area contributed by atoms with Crippen LogP contribution in [0.1, 0.15) is 15.9 Å². The standard InChI is InChI=1S/C10H10INO2/c1-14-10(13)6-4-8(11)7-2-3-12-9(7)5-6/h4-5,12H,2-3H2,1H3. The predicted octanol–water partition coefficient (Wildman–Crippen LogP) is 2.05. The number of carbonyl (C=O) groups excluding carboxylic acids is 1. The van der Waals surface area contributed by atoms with E-state index in [9.17, 15) is 4.79 Å². The molecule has 1 aliphatic heterocycles. The number of hydrogen-bond acceptors (Lipinski definition) is 3. The molecule has 1 aromatic carbocycles. The van der Waals surface area contributed by atoms with Gasteiger partial charge in [-0.2, -0.15) is 0 Å². The molecule has 0 saturated heterocycles. The smallest absolute Gasteiger partial charge is 0.337 e. The van der Waals surface area contributed by atoms with Gasteiger partial charge in [-0.3, -0.25) is 0 Å². The third-order valence-corrected chi connectivity index (χ3v) is 3.27. The van der Waals surface area contributed by atoms with E-state index in [0.717, 1.165) is 22.2 Å². The van der Waals surface area contributed by atoms with Crippen LogP contribution in [-0.4, -0.2) is 19.6 Å². The van der Waals surface area contributed by atoms with Gasteiger partial charge in [0.05, 0.1) is 12.7 Å². The van der Waals surface area contributed by atoms with Crippen LogP contribution in [0.15, 0.2) is 12.1 Å². The molecule has 1 aromatic rings. The van der Waals surface area contributed by atoms with Crippen molar-refractivity contribution in [1.82, 2.24) is 0 Å². The molecule has 0 atom stereocenters. The lowest BCUT2D eigenvalue weighted by Gasteiger charge is -2.05. The van der Waals surface area contributed by atoms with Gasteiger partial charge >= 0.3 is 5.97 Å². The van der Waals surface area contributed by atoms with Crippen molar-refractivity contribution in [2.24, 2.45) is 0 Å². The van der Waals surface area contributed by atoms with Crippen LogP contribution < -0.4 is 5.32 Å². The monoisotopic (exact) mass is 303 g/mol. The molecular formula is C10H10INO2. The molecule has 3 nitrogen and oxygen atoms in total. The summed E-state index contributed by atoms with van der Waals surface area (Å²) in [5.41, 5.74) is 2.99. The topological polar surface area (TPSA) is 38.3 Å². The van der Waals surface area contributed by atoms with Crippen molar-refractivity contribution in [2.75, 3.05) is 19.0 Å². The molecule has 0 fully saturated rings. The van der Waals surface area contributed by atoms with Crippen molar-refractivity contribution in [1.29, 1.82) is 0 Å². The van der Waals surface area contributed by atoms with Crippen molar-refractivity contribution in [3.8, 4) is 0 Å². The zero-order chi connectivity index (χ0) is 10.1. The highest BCUT2D eigenvalue weighted by atomic mass is 127. The molecule has 0 unspecified atom stereocenters. The van der Waals surface area contributed by atoms with Crippen LogP contribution in [0.3, 0.4) is 0 Å². The van der Waals surface area contributed by atoms with Crippen LogP contribution >= 0.6 is 22.6 Å². The Balaban J connectivity index is 2.46. The molecule has 1 N–H and O–H groups in total. The lowest BCUT2D eigenvalue weighted by Crippen LogP contribution is -2.02. The average molecular weight is 303 g/mol. The summed E-state index contributed by atoms with van der Waals surface area (Å²) in [5.74, 6) is -0.278. The quantitative estimate of drug-likeness (QED) is 0.637. The first-order valence-electron chi connectivity index (χ1n) is 4.37. The fourth-order valence-electron chi connectivity index (χ4n) is 1.61. The van der Waals surface area contributed by atoms with Gasteiger partial charge < -0.3 is 10.1 Å². The molecule has 4 heteroatoms. The molecule has 14 heavy (non-hydrogen) atoms. The first kappa shape index (κ1) is 9.76. The number of esters is 1. The summed E-state index contributed by atoms with van der Waals surface area (Å²) in [5, 5.41) is 3.25. The van der Waals surface area contributed by atoms with Gasteiger partial charge in [0, 0.05) is 15.8 Å². The fourth-order valence-corrected chi connectivity index (χ4v) is 2.50. The van der Waals surface area contributed by atoms with Crippen molar-refractivity contribution in [3.63, 3.8) is 0 Å². The van der Waals surface area contributed by atoms with Gasteiger partial charge in [0.25, 0.3) is 0 Å². The summed E-state index contributed by atoms with van der Waals surface area (Å²) in [6, 6.07) is 3.73. The maximum Gasteiger partial charge on any atom is 0.337 e. The number of ether oxygens (including phenoxy) is 1. The highest BCUT2D eigenvalue weighted by Crippen LogP contribution is 2.28. The molecule has 0 aromatic heterocycles. The van der Waals surface area contributed by atoms with Gasteiger partial charge in [-0.1, -0.05) is 0 Å². The van der Waals surface area contributed by atoms with E-state index in [4.69, 9.17) is 0 Å². The number of anilines is 1. The lowest BCUT2D eigenvalue weighted by molar-refractivity contribution is 0.0600. The van der Waals surface area contributed by atoms with E-state index in [-0.39, 0.29) is 5.97 Å². The van der Waals surface area contributed by atoms with Crippen molar-refractivity contribution >= 4 is 34.2 Å². The molecule has 0 radical (unpaired) electrons. The second-order valence-electron chi connectivity index (χ2n) is 3.15. The van der Waals surface area contributed by atoms with Crippen LogP contribution in [0.4, 0.5) is 5.69 Å². The molecular weight excluding hydrogens is 293 g/mol. The normalized spacial score (nSPS) is 13.3. The van der Waals surface area contributed by atoms with Gasteiger partial charge in [0.1, 0.15) is 0 Å². The number of methoxy groups -OCH3 is 1. The summed E-state index contributed by atoms with van der Waals surface area (Å²) in [6.45, 7) is 0.954. The first-order valence-corrected chi connectivity index (χ1v) is 5.45. The van der Waals surface area contributed by atoms with Crippen molar-refractivity contribution < 1.29 is 9.53 Å². The second kappa shape index (κ2) is 3.76. The Morgan fingerprint density at radius 3 is 3.07 bits per heavy atom. The summed E-state index contributed by atoms with van der Waals surface area (Å²) in [4.78, 5) is 11.3. The van der Waals surface area contributed by atoms with Crippen LogP contribution in [0, 0.1) is 3.57 Å². The lowest BCUT2D eigenvalue weighted by atomic mass is 10.1. The number of hydrogen-bond donors (Lipinski definition) is 1. The fraction of sp³-hybridized carbons (Fsp3) is 0.300. The number of halogens is 1. The summed E-state index contributed by atoms with van der Waals surface area (Å²) in [7, 11) is 1.40. The van der Waals surface area contributed by atoms with Crippen LogP contribution in [0.25, 0.3) is 0 Å². The molecule has 0 amide bonds. The zero-order valence-corrected chi connectivity index (χ0v) is 9.92. The minimum Gasteiger partial charge on any atom is -0.465 e. The minimum atomic E-state index is -0.278. The van der Waals surface area contributed by atoms with Crippen LogP contribution in [-0.2, 0) is 11.2 Å². The third-order valence-electron chi connectivity index (χ3n) is 2.31. The van der Waals surface area contributed by atoms with E-state index in [0.29, 0.717) is 5.56 Å². The number of carbonyl (C=O) groups is 1. The molecule has 1 heterocycles. The van der Waals surface area contributed by atoms with E-state index in [2.05, 4.69) is 32.6 Å². The highest BCUT2D eigenvalue weighted by molar-refractivity contribution is 14.1. The minimum absolute atomic E-state index is 0.278. The Kier molecular flexibility index (Phi) is 2.62. The van der Waals surface area contributed by atoms with Gasteiger partial charge in [0.2, 0.25) is 0 Å². The van der Waals surface area contributed by atoms with E-state index in [1.807, 2.05) is 12.1 Å². The molecule has 0 saturated carbocycles. The second-order valence-corrected chi connectivity index (χ2v) is 4.31. The number of nitrogens with one attached hydrogen (secondary N) is 1. The van der Waals surface area contributed by atoms with Crippen LogP contribution in [0.2, 0.25) is 0 Å². The van der Waals surface area contributed by atoms with Crippen molar-refractivity contribution in [2.45, 2.75) is 6.42 Å². The molecule has 2 rings (SSSR count). The Bertz CT molecular complexity index is 390. The van der Waals surface area contributed by atoms with Gasteiger partial charge in [-0.15, -0.1) is 0 Å². The Morgan fingerprint density at radius 2 is 2.36 bits per heavy atom. The van der Waals surface area contributed by atoms with Crippen molar-refractivity contribution in [3.05, 3.63) is 26.8 Å². The summed E-state index contributed by atoms with van der Waals surface area (Å²) < 4.78 is 5.81. The summed E-state index contributed by atoms with van der Waals surface area (Å²) in [6.07, 6.45) is 1.04. The molecule has 0 aliphatic carbocycles. The Hall–Kier alpha value is -0.780. The Labute approximate surface area is 96.0 Å². The number of rotatable bonds is 1. The van der Waals surface area contributed by atoms with E-state index in [1.165, 1.54) is 12.7 Å². The molecule has 0 spiro atoms. The molecule has 0 bridgehead atoms. The SMILES string of the molecule is COC(=O)c1cc(I)c2c(c1)NCC2. The van der Waals surface area contributed by atoms with Gasteiger partial charge in [0.15, 0.2) is 0 Å². The van der Waals surface area contributed by atoms with E-state index < -0.39 is 0 Å². The van der Waals surface area contributed by atoms with E-state index >= 15 is 0 Å². The molecule has 1 aliphatic rings. The van der Waals surface area contributed by atoms with E-state index in [1.54, 1.807) is 0 Å². The highest BCUT2D eigenvalue weighted by Gasteiger charge is 2.17. The Morgan fingerprint density at radius 1 is 1.57 bits per heavy atom. The largest absolute Gasteiger partial charge is 0.465 e. The van der Waals surface area contributed by atoms with Crippen LogP contribution in [0.5, 0.6) is 0 Å². The predicted molar refractivity (Wildman–Crippen MR) is 62.7 cm³/mol. The van der Waals surface area contributed by atoms with Gasteiger partial charge in [-0.25, -0.2) is 4.79 Å². The van der Waals surface area contributed by atoms with Gasteiger partial charge in [-0.05, 0) is 46.7 Å². The first-order chi connectivity index (χ1) is 6.72. The molecule has 74 valence electrons. The number of fused-ring (bicyclic) bond motifs is 1. The number of benzene rings is 1. The summed E-state index contributed by atoms with van der Waals surface area (Å²) >= 11 is 2.25.